The van der Waals surface area contributed by atoms with E-state index in [4.69, 9.17) is 0 Å². The van der Waals surface area contributed by atoms with E-state index in [0.29, 0.717) is 18.8 Å². The highest BCUT2D eigenvalue weighted by atomic mass is 79.9. The third kappa shape index (κ3) is 7.06. The zero-order valence-corrected chi connectivity index (χ0v) is 26.9. The van der Waals surface area contributed by atoms with E-state index in [0.717, 1.165) is 23.9 Å². The molecule has 1 heterocycles. The van der Waals surface area contributed by atoms with Crippen molar-refractivity contribution in [3.05, 3.63) is 86.9 Å². The Bertz CT molecular complexity index is 2050. The predicted octanol–water partition coefficient (Wildman–Crippen LogP) is 7.58. The van der Waals surface area contributed by atoms with Gasteiger partial charge in [0.15, 0.2) is 11.6 Å². The number of halogens is 1. The number of nitrogens with zero attached hydrogens (tertiary/aromatic N) is 8. The first-order valence-electron chi connectivity index (χ1n) is 14.3. The third-order valence-corrected chi connectivity index (χ3v) is 7.68. The predicted molar refractivity (Wildman–Crippen MR) is 180 cm³/mol. The van der Waals surface area contributed by atoms with Gasteiger partial charge in [-0.25, -0.2) is 4.98 Å². The van der Waals surface area contributed by atoms with Crippen molar-refractivity contribution in [1.82, 2.24) is 15.0 Å². The molecule has 0 amide bonds. The number of benzene rings is 4. The standard InChI is InChI=1S/C32H26BrN9O6/c1-3-41(4-2)18-5-10-25(39-40-29-17(16-34)11-19(42(47)48)12-24(29)33)26(13-18)35-32-37-30(22-8-6-20(43)14-27(22)45)36-31(38-32)23-9-7-21(44)15-28(23)46/h5-15,43-46H,3-4H2,1-2H3,(H,35,36,37,38). The van der Waals surface area contributed by atoms with Crippen molar-refractivity contribution in [2.24, 2.45) is 10.2 Å². The van der Waals surface area contributed by atoms with E-state index in [2.05, 4.69) is 51.3 Å². The first-order valence-corrected chi connectivity index (χ1v) is 15.1. The molecule has 48 heavy (non-hydrogen) atoms. The summed E-state index contributed by atoms with van der Waals surface area (Å²) < 4.78 is 0.195. The van der Waals surface area contributed by atoms with Crippen molar-refractivity contribution in [3.8, 4) is 51.8 Å². The molecule has 4 aromatic carbocycles. The number of nitro groups is 1. The van der Waals surface area contributed by atoms with E-state index in [-0.39, 0.29) is 78.8 Å². The molecule has 5 N–H and O–H groups in total. The second-order valence-corrected chi connectivity index (χ2v) is 11.0. The Morgan fingerprint density at radius 3 is 2.00 bits per heavy atom. The maximum absolute atomic E-state index is 11.3. The maximum Gasteiger partial charge on any atom is 0.272 e. The number of rotatable bonds is 10. The average molecular weight is 713 g/mol. The number of hydrogen-bond acceptors (Lipinski definition) is 14. The van der Waals surface area contributed by atoms with Crippen LogP contribution >= 0.6 is 15.9 Å². The zero-order valence-electron chi connectivity index (χ0n) is 25.3. The number of phenolic OH excluding ortho intramolecular Hbond substituents is 4. The van der Waals surface area contributed by atoms with Crippen molar-refractivity contribution in [2.45, 2.75) is 13.8 Å². The number of nitriles is 1. The highest BCUT2D eigenvalue weighted by Crippen LogP contribution is 2.39. The summed E-state index contributed by atoms with van der Waals surface area (Å²) in [6.07, 6.45) is 0. The lowest BCUT2D eigenvalue weighted by Crippen LogP contribution is -2.21. The van der Waals surface area contributed by atoms with Crippen molar-refractivity contribution in [1.29, 1.82) is 5.26 Å². The van der Waals surface area contributed by atoms with Crippen LogP contribution in [0.5, 0.6) is 23.0 Å². The number of phenols is 4. The lowest BCUT2D eigenvalue weighted by Gasteiger charge is -2.22. The molecule has 0 aliphatic heterocycles. The highest BCUT2D eigenvalue weighted by Gasteiger charge is 2.19. The number of non-ortho nitro benzene ring substituents is 1. The van der Waals surface area contributed by atoms with Gasteiger partial charge in [-0.1, -0.05) is 0 Å². The normalized spacial score (nSPS) is 11.0. The van der Waals surface area contributed by atoms with Crippen LogP contribution in [0.25, 0.3) is 22.8 Å². The van der Waals surface area contributed by atoms with Crippen LogP contribution in [0.1, 0.15) is 19.4 Å². The van der Waals surface area contributed by atoms with Crippen LogP contribution in [0.4, 0.5) is 34.4 Å². The summed E-state index contributed by atoms with van der Waals surface area (Å²) in [5.74, 6) is -1.03. The summed E-state index contributed by atoms with van der Waals surface area (Å²) in [7, 11) is 0. The van der Waals surface area contributed by atoms with Crippen molar-refractivity contribution >= 4 is 50.3 Å². The molecule has 242 valence electrons. The monoisotopic (exact) mass is 711 g/mol. The topological polar surface area (TPSA) is 227 Å². The van der Waals surface area contributed by atoms with Gasteiger partial charge in [-0.2, -0.15) is 15.2 Å². The minimum atomic E-state index is -0.618. The molecule has 16 heteroatoms. The van der Waals surface area contributed by atoms with Gasteiger partial charge in [-0.3, -0.25) is 10.1 Å². The number of nitrogens with one attached hydrogen (secondary N) is 1. The Labute approximate surface area is 281 Å². The van der Waals surface area contributed by atoms with Crippen LogP contribution in [0.3, 0.4) is 0 Å². The Balaban J connectivity index is 1.66. The van der Waals surface area contributed by atoms with Gasteiger partial charge in [-0.15, -0.1) is 10.2 Å². The molecule has 5 aromatic rings. The van der Waals surface area contributed by atoms with E-state index >= 15 is 0 Å². The molecule has 0 radical (unpaired) electrons. The number of aromatic hydroxyl groups is 4. The van der Waals surface area contributed by atoms with Gasteiger partial charge < -0.3 is 30.6 Å². The summed E-state index contributed by atoms with van der Waals surface area (Å²) in [5, 5.41) is 73.6. The fraction of sp³-hybridized carbons (Fsp3) is 0.125. The van der Waals surface area contributed by atoms with Gasteiger partial charge in [0, 0.05) is 43.0 Å². The lowest BCUT2D eigenvalue weighted by atomic mass is 10.1. The first kappa shape index (κ1) is 33.0. The summed E-state index contributed by atoms with van der Waals surface area (Å²) >= 11 is 3.25. The smallest absolute Gasteiger partial charge is 0.272 e. The summed E-state index contributed by atoms with van der Waals surface area (Å²) in [6, 6.07) is 17.3. The first-order chi connectivity index (χ1) is 23.0. The quantitative estimate of drug-likeness (QED) is 0.0536. The van der Waals surface area contributed by atoms with Gasteiger partial charge in [-0.05, 0) is 72.2 Å². The number of nitro benzene ring substituents is 1. The fourth-order valence-corrected chi connectivity index (χ4v) is 5.22. The van der Waals surface area contributed by atoms with Gasteiger partial charge in [0.25, 0.3) is 5.69 Å². The summed E-state index contributed by atoms with van der Waals surface area (Å²) in [5.41, 5.74) is 1.50. The molecule has 0 saturated carbocycles. The molecule has 15 nitrogen and oxygen atoms in total. The highest BCUT2D eigenvalue weighted by molar-refractivity contribution is 9.10. The molecule has 0 aliphatic carbocycles. The van der Waals surface area contributed by atoms with Crippen molar-refractivity contribution in [2.75, 3.05) is 23.3 Å². The average Bonchev–Trinajstić information content (AvgIpc) is 3.05. The Morgan fingerprint density at radius 2 is 1.48 bits per heavy atom. The van der Waals surface area contributed by atoms with Gasteiger partial charge >= 0.3 is 0 Å². The number of hydrogen-bond donors (Lipinski definition) is 5. The SMILES string of the molecule is CCN(CC)c1ccc(N=Nc2c(Br)cc([N+](=O)[O-])cc2C#N)c(Nc2nc(-c3ccc(O)cc3O)nc(-c3ccc(O)cc3O)n2)c1. The molecule has 0 unspecified atom stereocenters. The molecular formula is C32H26BrN9O6. The molecular weight excluding hydrogens is 686 g/mol. The molecule has 0 aliphatic rings. The lowest BCUT2D eigenvalue weighted by molar-refractivity contribution is -0.384. The van der Waals surface area contributed by atoms with Gasteiger partial charge in [0.2, 0.25) is 5.95 Å². The minimum absolute atomic E-state index is 0.0102. The van der Waals surface area contributed by atoms with Crippen LogP contribution in [0, 0.1) is 21.4 Å². The van der Waals surface area contributed by atoms with Gasteiger partial charge in [0.05, 0.1) is 31.8 Å². The second-order valence-electron chi connectivity index (χ2n) is 10.1. The Kier molecular flexibility index (Phi) is 9.62. The maximum atomic E-state index is 11.3. The Morgan fingerprint density at radius 1 is 0.875 bits per heavy atom. The summed E-state index contributed by atoms with van der Waals surface area (Å²) in [4.78, 5) is 26.2. The van der Waals surface area contributed by atoms with Crippen molar-refractivity contribution < 1.29 is 25.3 Å². The van der Waals surface area contributed by atoms with E-state index in [1.807, 2.05) is 26.0 Å². The van der Waals surface area contributed by atoms with E-state index < -0.39 is 4.92 Å². The molecule has 5 rings (SSSR count). The van der Waals surface area contributed by atoms with Crippen LogP contribution in [0.15, 0.2) is 81.4 Å². The molecule has 1 aromatic heterocycles. The molecule has 0 fully saturated rings. The van der Waals surface area contributed by atoms with Crippen LogP contribution in [0.2, 0.25) is 0 Å². The van der Waals surface area contributed by atoms with Crippen LogP contribution in [-0.2, 0) is 0 Å². The largest absolute Gasteiger partial charge is 0.508 e. The van der Waals surface area contributed by atoms with E-state index in [9.17, 15) is 35.8 Å². The fourth-order valence-electron chi connectivity index (χ4n) is 4.69. The van der Waals surface area contributed by atoms with E-state index in [1.54, 1.807) is 12.1 Å². The minimum Gasteiger partial charge on any atom is -0.508 e. The molecule has 0 spiro atoms. The van der Waals surface area contributed by atoms with Crippen LogP contribution < -0.4 is 10.2 Å². The molecule has 0 atom stereocenters. The molecule has 0 bridgehead atoms. The van der Waals surface area contributed by atoms with Crippen LogP contribution in [-0.4, -0.2) is 53.4 Å². The number of aromatic nitrogens is 3. The van der Waals surface area contributed by atoms with E-state index in [1.165, 1.54) is 30.3 Å². The number of azo groups is 1. The third-order valence-electron chi connectivity index (χ3n) is 7.07. The van der Waals surface area contributed by atoms with Crippen molar-refractivity contribution in [3.63, 3.8) is 0 Å². The molecule has 0 saturated heterocycles. The van der Waals surface area contributed by atoms with Gasteiger partial charge in [0.1, 0.15) is 40.4 Å². The second kappa shape index (κ2) is 14.0. The Hall–Kier alpha value is -6.34. The number of anilines is 3. The summed E-state index contributed by atoms with van der Waals surface area (Å²) in [6.45, 7) is 5.38. The zero-order chi connectivity index (χ0) is 34.5.